The second-order valence-electron chi connectivity index (χ2n) is 8.57. The predicted octanol–water partition coefficient (Wildman–Crippen LogP) is 4.34. The molecule has 0 saturated carbocycles. The van der Waals surface area contributed by atoms with Crippen molar-refractivity contribution in [2.75, 3.05) is 33.9 Å². The average molecular weight is 433 g/mol. The summed E-state index contributed by atoms with van der Waals surface area (Å²) in [5.41, 5.74) is 2.75. The van der Waals surface area contributed by atoms with Crippen LogP contribution in [0.4, 0.5) is 4.79 Å². The molecular formula is C23H36N4O2S. The lowest BCUT2D eigenvalue weighted by atomic mass is 9.93. The molecule has 2 amide bonds. The van der Waals surface area contributed by atoms with Crippen molar-refractivity contribution in [2.45, 2.75) is 52.1 Å². The highest BCUT2D eigenvalue weighted by atomic mass is 32.1. The van der Waals surface area contributed by atoms with Crippen LogP contribution in [0.3, 0.4) is 0 Å². The molecule has 3 rings (SSSR count). The van der Waals surface area contributed by atoms with E-state index in [0.717, 1.165) is 38.8 Å². The minimum Gasteiger partial charge on any atom is -0.385 e. The molecule has 0 aromatic carbocycles. The summed E-state index contributed by atoms with van der Waals surface area (Å²) in [5.74, 6) is 0.592. The van der Waals surface area contributed by atoms with Gasteiger partial charge in [-0.15, -0.1) is 11.3 Å². The number of ether oxygens (including phenoxy) is 1. The number of nitrogens with zero attached hydrogens (tertiary/aromatic N) is 2. The standard InChI is InChI=1S/C23H36N4O2S/c1-17(2)8-9-19(25-23(28)24-11-7-15-29-4)21-18-10-14-26(3)16-20(18)30-22(21)27-12-5-6-13-27/h5-6,12-13,17,19H,7-11,14-16H2,1-4H3,(H2,24,25,28). The fourth-order valence-electron chi connectivity index (χ4n) is 3.98. The van der Waals surface area contributed by atoms with Gasteiger partial charge in [-0.1, -0.05) is 13.8 Å². The number of rotatable bonds is 10. The summed E-state index contributed by atoms with van der Waals surface area (Å²) in [5, 5.41) is 7.55. The number of aromatic nitrogens is 1. The van der Waals surface area contributed by atoms with Crippen molar-refractivity contribution < 1.29 is 9.53 Å². The van der Waals surface area contributed by atoms with E-state index in [1.807, 2.05) is 11.3 Å². The zero-order valence-corrected chi connectivity index (χ0v) is 19.6. The predicted molar refractivity (Wildman–Crippen MR) is 124 cm³/mol. The van der Waals surface area contributed by atoms with Crippen LogP contribution in [0.1, 0.15) is 55.2 Å². The highest BCUT2D eigenvalue weighted by Gasteiger charge is 2.29. The van der Waals surface area contributed by atoms with Crippen molar-refractivity contribution in [3.63, 3.8) is 0 Å². The number of hydrogen-bond acceptors (Lipinski definition) is 4. The van der Waals surface area contributed by atoms with Crippen LogP contribution in [-0.2, 0) is 17.7 Å². The fraction of sp³-hybridized carbons (Fsp3) is 0.609. The van der Waals surface area contributed by atoms with Gasteiger partial charge >= 0.3 is 6.03 Å². The van der Waals surface area contributed by atoms with Crippen molar-refractivity contribution in [3.8, 4) is 5.00 Å². The van der Waals surface area contributed by atoms with Gasteiger partial charge < -0.3 is 24.8 Å². The quantitative estimate of drug-likeness (QED) is 0.549. The number of nitrogens with one attached hydrogen (secondary N) is 2. The highest BCUT2D eigenvalue weighted by Crippen LogP contribution is 2.40. The van der Waals surface area contributed by atoms with Crippen molar-refractivity contribution in [1.29, 1.82) is 0 Å². The van der Waals surface area contributed by atoms with Gasteiger partial charge in [-0.05, 0) is 56.3 Å². The monoisotopic (exact) mass is 432 g/mol. The lowest BCUT2D eigenvalue weighted by molar-refractivity contribution is 0.193. The van der Waals surface area contributed by atoms with E-state index in [2.05, 4.69) is 65.5 Å². The molecule has 3 heterocycles. The van der Waals surface area contributed by atoms with Crippen LogP contribution in [0.2, 0.25) is 0 Å². The van der Waals surface area contributed by atoms with E-state index < -0.39 is 0 Å². The molecule has 1 unspecified atom stereocenters. The van der Waals surface area contributed by atoms with Crippen LogP contribution in [0.15, 0.2) is 24.5 Å². The third kappa shape index (κ3) is 5.86. The number of thiophene rings is 1. The maximum absolute atomic E-state index is 12.7. The van der Waals surface area contributed by atoms with Crippen molar-refractivity contribution in [2.24, 2.45) is 5.92 Å². The summed E-state index contributed by atoms with van der Waals surface area (Å²) >= 11 is 1.87. The Balaban J connectivity index is 1.88. The first-order valence-electron chi connectivity index (χ1n) is 11.0. The number of amides is 2. The third-order valence-corrected chi connectivity index (χ3v) is 6.85. The summed E-state index contributed by atoms with van der Waals surface area (Å²) in [6, 6.07) is 4.04. The number of carbonyl (C=O) groups excluding carboxylic acids is 1. The van der Waals surface area contributed by atoms with Gasteiger partial charge in [0, 0.05) is 56.2 Å². The fourth-order valence-corrected chi connectivity index (χ4v) is 5.43. The first-order chi connectivity index (χ1) is 14.5. The summed E-state index contributed by atoms with van der Waals surface area (Å²) in [4.78, 5) is 16.5. The zero-order valence-electron chi connectivity index (χ0n) is 18.7. The molecule has 0 bridgehead atoms. The summed E-state index contributed by atoms with van der Waals surface area (Å²) < 4.78 is 7.29. The molecular weight excluding hydrogens is 396 g/mol. The molecule has 1 aliphatic rings. The lowest BCUT2D eigenvalue weighted by Gasteiger charge is -2.26. The van der Waals surface area contributed by atoms with Crippen molar-refractivity contribution in [1.82, 2.24) is 20.1 Å². The van der Waals surface area contributed by atoms with Crippen LogP contribution < -0.4 is 10.6 Å². The van der Waals surface area contributed by atoms with E-state index in [0.29, 0.717) is 19.1 Å². The maximum atomic E-state index is 12.7. The van der Waals surface area contributed by atoms with Crippen molar-refractivity contribution >= 4 is 17.4 Å². The summed E-state index contributed by atoms with van der Waals surface area (Å²) in [6.07, 6.45) is 8.08. The molecule has 0 aliphatic carbocycles. The number of hydrogen-bond donors (Lipinski definition) is 2. The number of fused-ring (bicyclic) bond motifs is 1. The van der Waals surface area contributed by atoms with E-state index in [1.54, 1.807) is 7.11 Å². The van der Waals surface area contributed by atoms with Gasteiger partial charge in [0.25, 0.3) is 0 Å². The Labute approximate surface area is 184 Å². The Morgan fingerprint density at radius 3 is 2.73 bits per heavy atom. The molecule has 166 valence electrons. The van der Waals surface area contributed by atoms with Gasteiger partial charge in [-0.25, -0.2) is 4.79 Å². The molecule has 0 spiro atoms. The van der Waals surface area contributed by atoms with Gasteiger partial charge in [0.1, 0.15) is 5.00 Å². The molecule has 0 saturated heterocycles. The summed E-state index contributed by atoms with van der Waals surface area (Å²) in [6.45, 7) is 7.80. The molecule has 6 nitrogen and oxygen atoms in total. The van der Waals surface area contributed by atoms with E-state index in [9.17, 15) is 4.79 Å². The smallest absolute Gasteiger partial charge is 0.315 e. The molecule has 7 heteroatoms. The normalized spacial score (nSPS) is 15.2. The van der Waals surface area contributed by atoms with Gasteiger partial charge in [0.2, 0.25) is 0 Å². The number of carbonyl (C=O) groups is 1. The Hall–Kier alpha value is -1.83. The molecule has 0 radical (unpaired) electrons. The second kappa shape index (κ2) is 11.0. The first-order valence-corrected chi connectivity index (χ1v) is 11.8. The Morgan fingerprint density at radius 1 is 1.27 bits per heavy atom. The molecule has 1 atom stereocenters. The van der Waals surface area contributed by atoms with E-state index in [1.165, 1.54) is 21.0 Å². The largest absolute Gasteiger partial charge is 0.385 e. The van der Waals surface area contributed by atoms with E-state index in [4.69, 9.17) is 4.74 Å². The Morgan fingerprint density at radius 2 is 2.03 bits per heavy atom. The number of urea groups is 1. The average Bonchev–Trinajstić information content (AvgIpc) is 3.35. The second-order valence-corrected chi connectivity index (χ2v) is 9.65. The molecule has 30 heavy (non-hydrogen) atoms. The lowest BCUT2D eigenvalue weighted by Crippen LogP contribution is -2.39. The first kappa shape index (κ1) is 22.8. The highest BCUT2D eigenvalue weighted by molar-refractivity contribution is 7.15. The van der Waals surface area contributed by atoms with Gasteiger partial charge in [-0.2, -0.15) is 0 Å². The topological polar surface area (TPSA) is 58.5 Å². The van der Waals surface area contributed by atoms with Crippen LogP contribution in [0.5, 0.6) is 0 Å². The van der Waals surface area contributed by atoms with Crippen molar-refractivity contribution in [3.05, 3.63) is 40.5 Å². The zero-order chi connectivity index (χ0) is 21.5. The Kier molecular flexibility index (Phi) is 8.36. The third-order valence-electron chi connectivity index (χ3n) is 5.61. The summed E-state index contributed by atoms with van der Waals surface area (Å²) in [7, 11) is 3.86. The molecule has 2 N–H and O–H groups in total. The van der Waals surface area contributed by atoms with Gasteiger partial charge in [0.15, 0.2) is 0 Å². The van der Waals surface area contributed by atoms with Gasteiger partial charge in [0.05, 0.1) is 6.04 Å². The molecule has 1 aliphatic heterocycles. The Bertz CT molecular complexity index is 800. The van der Waals surface area contributed by atoms with E-state index >= 15 is 0 Å². The van der Waals surface area contributed by atoms with Crippen LogP contribution >= 0.6 is 11.3 Å². The van der Waals surface area contributed by atoms with Gasteiger partial charge in [-0.3, -0.25) is 0 Å². The minimum absolute atomic E-state index is 0.00984. The number of methoxy groups -OCH3 is 1. The minimum atomic E-state index is -0.0915. The molecule has 2 aromatic heterocycles. The molecule has 2 aromatic rings. The SMILES string of the molecule is COCCCNC(=O)NC(CCC(C)C)c1c(-n2cccc2)sc2c1CCN(C)C2. The van der Waals surface area contributed by atoms with Crippen LogP contribution in [0, 0.1) is 5.92 Å². The molecule has 0 fully saturated rings. The van der Waals surface area contributed by atoms with E-state index in [-0.39, 0.29) is 12.1 Å². The van der Waals surface area contributed by atoms with Crippen LogP contribution in [-0.4, -0.2) is 49.4 Å². The van der Waals surface area contributed by atoms with Crippen LogP contribution in [0.25, 0.3) is 5.00 Å². The number of likely N-dealkylation sites (N-methyl/N-ethyl adjacent to an activating group) is 1. The maximum Gasteiger partial charge on any atom is 0.315 e.